The molecule has 0 aliphatic heterocycles. The Morgan fingerprint density at radius 3 is 2.78 bits per heavy atom. The van der Waals surface area contributed by atoms with Crippen LogP contribution in [-0.4, -0.2) is 32.1 Å². The molecular formula is C16H22IN5O. The fraction of sp³-hybridized carbons (Fsp3) is 0.250. The largest absolute Gasteiger partial charge is 0.497 e. The number of aromatic nitrogens is 1. The zero-order valence-electron chi connectivity index (χ0n) is 13.5. The van der Waals surface area contributed by atoms with Crippen molar-refractivity contribution >= 4 is 41.4 Å². The first-order valence-electron chi connectivity index (χ1n) is 6.92. The van der Waals surface area contributed by atoms with E-state index in [9.17, 15) is 0 Å². The highest BCUT2D eigenvalue weighted by Crippen LogP contribution is 2.17. The summed E-state index contributed by atoms with van der Waals surface area (Å²) < 4.78 is 5.17. The number of ether oxygens (including phenoxy) is 1. The molecule has 0 amide bonds. The quantitative estimate of drug-likeness (QED) is 0.436. The zero-order chi connectivity index (χ0) is 15.9. The monoisotopic (exact) mass is 427 g/mol. The molecule has 124 valence electrons. The topological polar surface area (TPSA) is 75.8 Å². The third-order valence-electron chi connectivity index (χ3n) is 3.05. The smallest absolute Gasteiger partial charge is 0.193 e. The summed E-state index contributed by atoms with van der Waals surface area (Å²) >= 11 is 0. The molecule has 0 aliphatic rings. The maximum Gasteiger partial charge on any atom is 0.193 e. The van der Waals surface area contributed by atoms with Gasteiger partial charge in [0.15, 0.2) is 5.96 Å². The van der Waals surface area contributed by atoms with Crippen LogP contribution >= 0.6 is 24.0 Å². The lowest BCUT2D eigenvalue weighted by Gasteiger charge is -2.14. The molecular weight excluding hydrogens is 405 g/mol. The molecule has 23 heavy (non-hydrogen) atoms. The Morgan fingerprint density at radius 1 is 1.30 bits per heavy atom. The molecule has 0 bridgehead atoms. The Labute approximate surface area is 153 Å². The second kappa shape index (κ2) is 9.19. The Morgan fingerprint density at radius 2 is 2.09 bits per heavy atom. The summed E-state index contributed by atoms with van der Waals surface area (Å²) in [4.78, 5) is 10.7. The number of nitrogens with one attached hydrogen (secondary N) is 1. The summed E-state index contributed by atoms with van der Waals surface area (Å²) in [6.07, 6.45) is 1.76. The Balaban J connectivity index is 0.00000264. The molecule has 0 aliphatic carbocycles. The fourth-order valence-corrected chi connectivity index (χ4v) is 2.01. The van der Waals surface area contributed by atoms with Crippen LogP contribution in [-0.2, 0) is 6.54 Å². The minimum absolute atomic E-state index is 0. The number of benzene rings is 1. The molecule has 0 atom stereocenters. The second-order valence-corrected chi connectivity index (χ2v) is 4.94. The molecule has 2 aromatic rings. The third kappa shape index (κ3) is 5.59. The predicted octanol–water partition coefficient (Wildman–Crippen LogP) is 2.70. The summed E-state index contributed by atoms with van der Waals surface area (Å²) in [5, 5.41) is 3.05. The van der Waals surface area contributed by atoms with Crippen molar-refractivity contribution in [1.29, 1.82) is 0 Å². The van der Waals surface area contributed by atoms with E-state index in [0.29, 0.717) is 12.5 Å². The van der Waals surface area contributed by atoms with Crippen molar-refractivity contribution in [1.82, 2.24) is 4.98 Å². The first kappa shape index (κ1) is 19.0. The van der Waals surface area contributed by atoms with Gasteiger partial charge in [-0.05, 0) is 18.2 Å². The molecule has 0 unspecified atom stereocenters. The van der Waals surface area contributed by atoms with Gasteiger partial charge in [0.2, 0.25) is 0 Å². The van der Waals surface area contributed by atoms with Crippen molar-refractivity contribution in [2.45, 2.75) is 6.54 Å². The molecule has 2 rings (SSSR count). The second-order valence-electron chi connectivity index (χ2n) is 4.94. The molecule has 1 aromatic carbocycles. The summed E-state index contributed by atoms with van der Waals surface area (Å²) in [6.45, 7) is 0.462. The van der Waals surface area contributed by atoms with E-state index in [4.69, 9.17) is 10.5 Å². The van der Waals surface area contributed by atoms with E-state index in [-0.39, 0.29) is 24.0 Å². The number of aliphatic imine (C=N–C) groups is 1. The standard InChI is InChI=1S/C16H21N5O.HI/c1-21(2)15-12(6-5-9-18-15)11-19-16(17)20-13-7-4-8-14(10-13)22-3;/h4-10H,11H2,1-3H3,(H3,17,19,20);1H. The van der Waals surface area contributed by atoms with Crippen LogP contribution in [0, 0.1) is 0 Å². The number of guanidine groups is 1. The summed E-state index contributed by atoms with van der Waals surface area (Å²) in [7, 11) is 5.53. The average molecular weight is 427 g/mol. The Bertz CT molecular complexity index is 660. The molecule has 0 radical (unpaired) electrons. The molecule has 6 nitrogen and oxygen atoms in total. The van der Waals surface area contributed by atoms with Gasteiger partial charge in [0.1, 0.15) is 11.6 Å². The first-order chi connectivity index (χ1) is 10.6. The van der Waals surface area contributed by atoms with Gasteiger partial charge in [0, 0.05) is 37.6 Å². The molecule has 0 saturated heterocycles. The minimum atomic E-state index is 0. The number of nitrogens with two attached hydrogens (primary N) is 1. The maximum absolute atomic E-state index is 5.94. The number of hydrogen-bond acceptors (Lipinski definition) is 4. The highest BCUT2D eigenvalue weighted by molar-refractivity contribution is 14.0. The van der Waals surface area contributed by atoms with Crippen LogP contribution in [0.1, 0.15) is 5.56 Å². The molecule has 0 saturated carbocycles. The van der Waals surface area contributed by atoms with Crippen LogP contribution in [0.4, 0.5) is 11.5 Å². The van der Waals surface area contributed by atoms with Gasteiger partial charge in [-0.1, -0.05) is 12.1 Å². The number of halogens is 1. The number of rotatable bonds is 5. The number of methoxy groups -OCH3 is 1. The van der Waals surface area contributed by atoms with Crippen LogP contribution in [0.15, 0.2) is 47.6 Å². The summed E-state index contributed by atoms with van der Waals surface area (Å²) in [5.41, 5.74) is 7.78. The Hall–Kier alpha value is -2.03. The first-order valence-corrected chi connectivity index (χ1v) is 6.92. The van der Waals surface area contributed by atoms with E-state index >= 15 is 0 Å². The molecule has 7 heteroatoms. The van der Waals surface area contributed by atoms with Gasteiger partial charge in [-0.3, -0.25) is 0 Å². The minimum Gasteiger partial charge on any atom is -0.497 e. The van der Waals surface area contributed by atoms with Gasteiger partial charge in [0.05, 0.1) is 13.7 Å². The van der Waals surface area contributed by atoms with Gasteiger partial charge in [0.25, 0.3) is 0 Å². The van der Waals surface area contributed by atoms with Gasteiger partial charge in [-0.2, -0.15) is 0 Å². The van der Waals surface area contributed by atoms with Crippen molar-refractivity contribution in [3.63, 3.8) is 0 Å². The number of anilines is 2. The van der Waals surface area contributed by atoms with E-state index < -0.39 is 0 Å². The van der Waals surface area contributed by atoms with Crippen molar-refractivity contribution < 1.29 is 4.74 Å². The van der Waals surface area contributed by atoms with Crippen molar-refractivity contribution in [3.05, 3.63) is 48.2 Å². The third-order valence-corrected chi connectivity index (χ3v) is 3.05. The van der Waals surface area contributed by atoms with Crippen LogP contribution < -0.4 is 20.7 Å². The van der Waals surface area contributed by atoms with Crippen molar-refractivity contribution in [2.75, 3.05) is 31.4 Å². The van der Waals surface area contributed by atoms with E-state index in [2.05, 4.69) is 15.3 Å². The van der Waals surface area contributed by atoms with Crippen LogP contribution in [0.2, 0.25) is 0 Å². The van der Waals surface area contributed by atoms with E-state index in [1.807, 2.05) is 55.4 Å². The van der Waals surface area contributed by atoms with Gasteiger partial charge >= 0.3 is 0 Å². The SMILES string of the molecule is COc1cccc(NC(N)=NCc2cccnc2N(C)C)c1.I. The molecule has 3 N–H and O–H groups in total. The molecule has 0 spiro atoms. The molecule has 1 heterocycles. The predicted molar refractivity (Wildman–Crippen MR) is 106 cm³/mol. The van der Waals surface area contributed by atoms with E-state index in [1.54, 1.807) is 13.3 Å². The van der Waals surface area contributed by atoms with Gasteiger partial charge in [-0.25, -0.2) is 9.98 Å². The summed E-state index contributed by atoms with van der Waals surface area (Å²) in [6, 6.07) is 11.4. The highest BCUT2D eigenvalue weighted by atomic mass is 127. The Kier molecular flexibility index (Phi) is 7.60. The lowest BCUT2D eigenvalue weighted by Crippen LogP contribution is -2.22. The lowest BCUT2D eigenvalue weighted by atomic mass is 10.2. The number of nitrogens with zero attached hydrogens (tertiary/aromatic N) is 3. The fourth-order valence-electron chi connectivity index (χ4n) is 2.01. The number of hydrogen-bond donors (Lipinski definition) is 2. The molecule has 1 aromatic heterocycles. The van der Waals surface area contributed by atoms with Crippen LogP contribution in [0.3, 0.4) is 0 Å². The van der Waals surface area contributed by atoms with Gasteiger partial charge in [-0.15, -0.1) is 24.0 Å². The van der Waals surface area contributed by atoms with E-state index in [1.165, 1.54) is 0 Å². The highest BCUT2D eigenvalue weighted by Gasteiger charge is 2.05. The van der Waals surface area contributed by atoms with E-state index in [0.717, 1.165) is 22.8 Å². The zero-order valence-corrected chi connectivity index (χ0v) is 15.8. The normalized spacial score (nSPS) is 10.7. The van der Waals surface area contributed by atoms with Crippen molar-refractivity contribution in [2.24, 2.45) is 10.7 Å². The lowest BCUT2D eigenvalue weighted by molar-refractivity contribution is 0.415. The average Bonchev–Trinajstić information content (AvgIpc) is 2.53. The van der Waals surface area contributed by atoms with Crippen LogP contribution in [0.25, 0.3) is 0 Å². The maximum atomic E-state index is 5.94. The molecule has 0 fully saturated rings. The van der Waals surface area contributed by atoms with Crippen molar-refractivity contribution in [3.8, 4) is 5.75 Å². The van der Waals surface area contributed by atoms with Crippen LogP contribution in [0.5, 0.6) is 5.75 Å². The summed E-state index contributed by atoms with van der Waals surface area (Å²) in [5.74, 6) is 2.00. The van der Waals surface area contributed by atoms with Gasteiger partial charge < -0.3 is 20.7 Å². The number of pyridine rings is 1.